The van der Waals surface area contributed by atoms with Crippen molar-refractivity contribution < 1.29 is 24.2 Å². The number of aromatic hydroxyl groups is 1. The molecule has 1 aromatic carbocycles. The van der Waals surface area contributed by atoms with Gasteiger partial charge in [-0.2, -0.15) is 0 Å². The lowest BCUT2D eigenvalue weighted by molar-refractivity contribution is -0.00608. The first-order chi connectivity index (χ1) is 9.93. The largest absolute Gasteiger partial charge is 0.507 e. The predicted octanol–water partition coefficient (Wildman–Crippen LogP) is 2.32. The van der Waals surface area contributed by atoms with Gasteiger partial charge in [-0.15, -0.1) is 0 Å². The van der Waals surface area contributed by atoms with Crippen LogP contribution in [0.4, 0.5) is 0 Å². The molecule has 2 atom stereocenters. The number of Topliss-reactive ketones (excluding diaryl/α,β-unsaturated/α-hetero) is 1. The Morgan fingerprint density at radius 1 is 1.33 bits per heavy atom. The fourth-order valence-electron chi connectivity index (χ4n) is 3.10. The maximum Gasteiger partial charge on any atom is 0.228 e. The van der Waals surface area contributed by atoms with Gasteiger partial charge in [0, 0.05) is 17.2 Å². The molecule has 1 aliphatic carbocycles. The molecule has 0 bridgehead atoms. The van der Waals surface area contributed by atoms with E-state index in [1.54, 1.807) is 6.07 Å². The highest BCUT2D eigenvalue weighted by atomic mass is 16.5. The summed E-state index contributed by atoms with van der Waals surface area (Å²) in [6.07, 6.45) is 1.39. The number of phenolic OH excluding ortho intramolecular Hbond substituents is 1. The van der Waals surface area contributed by atoms with Gasteiger partial charge in [0.15, 0.2) is 11.5 Å². The highest BCUT2D eigenvalue weighted by molar-refractivity contribution is 6.25. The molecule has 5 nitrogen and oxygen atoms in total. The first-order valence-corrected chi connectivity index (χ1v) is 6.83. The number of benzene rings is 1. The number of ketones is 2. The Kier molecular flexibility index (Phi) is 3.10. The van der Waals surface area contributed by atoms with Gasteiger partial charge in [-0.25, -0.2) is 0 Å². The SMILES string of the molecule is COC1=CC(=O)c2c(cc3c(c2O)[C@@H](C)O[C@@H](C)C3)C1=O. The highest BCUT2D eigenvalue weighted by Crippen LogP contribution is 2.41. The van der Waals surface area contributed by atoms with Gasteiger partial charge in [0.05, 0.1) is 24.9 Å². The quantitative estimate of drug-likeness (QED) is 0.858. The van der Waals surface area contributed by atoms with Crippen LogP contribution in [0.5, 0.6) is 5.75 Å². The molecule has 0 saturated heterocycles. The molecule has 21 heavy (non-hydrogen) atoms. The van der Waals surface area contributed by atoms with Gasteiger partial charge in [0.2, 0.25) is 5.78 Å². The number of rotatable bonds is 1. The first-order valence-electron chi connectivity index (χ1n) is 6.83. The smallest absolute Gasteiger partial charge is 0.228 e. The van der Waals surface area contributed by atoms with Crippen molar-refractivity contribution in [2.75, 3.05) is 7.11 Å². The fourth-order valence-corrected chi connectivity index (χ4v) is 3.10. The zero-order valence-corrected chi connectivity index (χ0v) is 12.1. The molecule has 0 radical (unpaired) electrons. The van der Waals surface area contributed by atoms with Crippen molar-refractivity contribution in [3.63, 3.8) is 0 Å². The first kappa shape index (κ1) is 13.8. The fraction of sp³-hybridized carbons (Fsp3) is 0.375. The molecule has 0 unspecified atom stereocenters. The van der Waals surface area contributed by atoms with Crippen molar-refractivity contribution in [1.29, 1.82) is 0 Å². The van der Waals surface area contributed by atoms with Crippen LogP contribution in [0.25, 0.3) is 0 Å². The van der Waals surface area contributed by atoms with Crippen LogP contribution in [0.1, 0.15) is 51.8 Å². The summed E-state index contributed by atoms with van der Waals surface area (Å²) in [5, 5.41) is 10.5. The molecule has 3 rings (SSSR count). The molecular formula is C16H16O5. The van der Waals surface area contributed by atoms with Crippen molar-refractivity contribution >= 4 is 11.6 Å². The molecule has 110 valence electrons. The minimum atomic E-state index is -0.424. The van der Waals surface area contributed by atoms with Crippen molar-refractivity contribution in [2.45, 2.75) is 32.5 Å². The molecule has 1 aromatic rings. The molecule has 5 heteroatoms. The summed E-state index contributed by atoms with van der Waals surface area (Å²) >= 11 is 0. The standard InChI is InChI=1S/C16H16O5/c1-7-4-9-5-10-14(16(19)13(9)8(2)21-7)11(17)6-12(20-3)15(10)18/h5-8,19H,4H2,1-3H3/t7-,8+/m0/s1. The molecular weight excluding hydrogens is 272 g/mol. The maximum absolute atomic E-state index is 12.3. The van der Waals surface area contributed by atoms with Gasteiger partial charge in [-0.05, 0) is 31.9 Å². The number of allylic oxidation sites excluding steroid dienone is 2. The Morgan fingerprint density at radius 3 is 2.71 bits per heavy atom. The number of carbonyl (C=O) groups is 2. The molecule has 0 saturated carbocycles. The van der Waals surface area contributed by atoms with Crippen LogP contribution >= 0.6 is 0 Å². The van der Waals surface area contributed by atoms with E-state index >= 15 is 0 Å². The van der Waals surface area contributed by atoms with E-state index in [4.69, 9.17) is 9.47 Å². The van der Waals surface area contributed by atoms with Gasteiger partial charge in [-0.1, -0.05) is 0 Å². The van der Waals surface area contributed by atoms with E-state index in [-0.39, 0.29) is 40.6 Å². The Balaban J connectivity index is 2.25. The summed E-state index contributed by atoms with van der Waals surface area (Å²) in [4.78, 5) is 24.5. The van der Waals surface area contributed by atoms with Gasteiger partial charge >= 0.3 is 0 Å². The third-order valence-corrected chi connectivity index (χ3v) is 3.97. The van der Waals surface area contributed by atoms with E-state index in [1.165, 1.54) is 7.11 Å². The van der Waals surface area contributed by atoms with Gasteiger partial charge in [0.25, 0.3) is 0 Å². The molecule has 1 N–H and O–H groups in total. The topological polar surface area (TPSA) is 72.8 Å². The van der Waals surface area contributed by atoms with Gasteiger partial charge < -0.3 is 14.6 Å². The summed E-state index contributed by atoms with van der Waals surface area (Å²) < 4.78 is 10.6. The Hall–Kier alpha value is -2.14. The second-order valence-electron chi connectivity index (χ2n) is 5.42. The molecule has 1 heterocycles. The number of hydrogen-bond acceptors (Lipinski definition) is 5. The summed E-state index contributed by atoms with van der Waals surface area (Å²) in [6, 6.07) is 1.69. The van der Waals surface area contributed by atoms with E-state index in [0.717, 1.165) is 11.6 Å². The third-order valence-electron chi connectivity index (χ3n) is 3.97. The molecule has 2 aliphatic rings. The minimum Gasteiger partial charge on any atom is -0.507 e. The molecule has 1 aliphatic heterocycles. The molecule has 0 spiro atoms. The Morgan fingerprint density at radius 2 is 2.05 bits per heavy atom. The number of phenols is 1. The Bertz CT molecular complexity index is 686. The van der Waals surface area contributed by atoms with Crippen molar-refractivity contribution in [3.05, 3.63) is 40.2 Å². The van der Waals surface area contributed by atoms with E-state index in [2.05, 4.69) is 0 Å². The van der Waals surface area contributed by atoms with Crippen molar-refractivity contribution in [3.8, 4) is 5.75 Å². The van der Waals surface area contributed by atoms with E-state index < -0.39 is 5.78 Å². The van der Waals surface area contributed by atoms with Crippen molar-refractivity contribution in [1.82, 2.24) is 0 Å². The van der Waals surface area contributed by atoms with Crippen LogP contribution in [0.2, 0.25) is 0 Å². The van der Waals surface area contributed by atoms with Crippen LogP contribution in [-0.4, -0.2) is 29.9 Å². The molecule has 0 aromatic heterocycles. The predicted molar refractivity (Wildman–Crippen MR) is 74.5 cm³/mol. The number of methoxy groups -OCH3 is 1. The lowest BCUT2D eigenvalue weighted by Gasteiger charge is -2.30. The van der Waals surface area contributed by atoms with Crippen LogP contribution in [0.3, 0.4) is 0 Å². The average molecular weight is 288 g/mol. The van der Waals surface area contributed by atoms with Crippen LogP contribution in [0, 0.1) is 0 Å². The van der Waals surface area contributed by atoms with Crippen LogP contribution < -0.4 is 0 Å². The zero-order chi connectivity index (χ0) is 15.3. The van der Waals surface area contributed by atoms with E-state index in [0.29, 0.717) is 12.0 Å². The monoisotopic (exact) mass is 288 g/mol. The summed E-state index contributed by atoms with van der Waals surface area (Å²) in [5.41, 5.74) is 1.69. The summed E-state index contributed by atoms with van der Waals surface area (Å²) in [5.74, 6) is -0.948. The van der Waals surface area contributed by atoms with E-state index in [1.807, 2.05) is 13.8 Å². The Labute approximate surface area is 122 Å². The number of carbonyl (C=O) groups excluding carboxylic acids is 2. The summed E-state index contributed by atoms with van der Waals surface area (Å²) in [7, 11) is 1.35. The minimum absolute atomic E-state index is 0.00000591. The highest BCUT2D eigenvalue weighted by Gasteiger charge is 2.35. The van der Waals surface area contributed by atoms with Crippen molar-refractivity contribution in [2.24, 2.45) is 0 Å². The lowest BCUT2D eigenvalue weighted by Crippen LogP contribution is -2.26. The van der Waals surface area contributed by atoms with Gasteiger partial charge in [-0.3, -0.25) is 9.59 Å². The lowest BCUT2D eigenvalue weighted by atomic mass is 9.84. The number of ether oxygens (including phenoxy) is 2. The molecule has 0 amide bonds. The average Bonchev–Trinajstić information content (AvgIpc) is 2.41. The number of fused-ring (bicyclic) bond motifs is 2. The molecule has 0 fully saturated rings. The van der Waals surface area contributed by atoms with Gasteiger partial charge in [0.1, 0.15) is 5.75 Å². The number of hydrogen-bond donors (Lipinski definition) is 1. The maximum atomic E-state index is 12.3. The second kappa shape index (κ2) is 4.70. The van der Waals surface area contributed by atoms with E-state index in [9.17, 15) is 14.7 Å². The normalized spacial score (nSPS) is 24.2. The second-order valence-corrected chi connectivity index (χ2v) is 5.42. The third kappa shape index (κ3) is 1.96. The zero-order valence-electron chi connectivity index (χ0n) is 12.1. The van der Waals surface area contributed by atoms with Crippen LogP contribution in [-0.2, 0) is 15.9 Å². The summed E-state index contributed by atoms with van der Waals surface area (Å²) in [6.45, 7) is 3.76. The van der Waals surface area contributed by atoms with Crippen LogP contribution in [0.15, 0.2) is 17.9 Å².